The lowest BCUT2D eigenvalue weighted by Crippen LogP contribution is -2.38. The Morgan fingerprint density at radius 2 is 1.71 bits per heavy atom. The Bertz CT molecular complexity index is 1310. The molecule has 158 valence electrons. The Hall–Kier alpha value is -3.22. The third-order valence-electron chi connectivity index (χ3n) is 5.39. The minimum absolute atomic E-state index is 0.213. The van der Waals surface area contributed by atoms with Gasteiger partial charge in [0.2, 0.25) is 0 Å². The lowest BCUT2D eigenvalue weighted by Gasteiger charge is -2.32. The number of sulfonamides is 1. The predicted octanol–water partition coefficient (Wildman–Crippen LogP) is 3.70. The van der Waals surface area contributed by atoms with E-state index < -0.39 is 10.0 Å². The molecule has 0 unspecified atom stereocenters. The van der Waals surface area contributed by atoms with Gasteiger partial charge in [-0.05, 0) is 54.1 Å². The first kappa shape index (κ1) is 19.7. The van der Waals surface area contributed by atoms with Crippen molar-refractivity contribution in [2.75, 3.05) is 42.6 Å². The number of nitrogens with zero attached hydrogens (tertiary/aromatic N) is 3. The van der Waals surface area contributed by atoms with E-state index in [0.29, 0.717) is 35.2 Å². The third-order valence-corrected chi connectivity index (χ3v) is 8.24. The van der Waals surface area contributed by atoms with E-state index in [4.69, 9.17) is 14.7 Å². The summed E-state index contributed by atoms with van der Waals surface area (Å²) in [6.45, 7) is 1.77. The second-order valence-electron chi connectivity index (χ2n) is 7.28. The van der Waals surface area contributed by atoms with Gasteiger partial charge >= 0.3 is 0 Å². The molecule has 7 nitrogen and oxygen atoms in total. The highest BCUT2D eigenvalue weighted by Crippen LogP contribution is 2.41. The Morgan fingerprint density at radius 1 is 0.968 bits per heavy atom. The zero-order chi connectivity index (χ0) is 21.6. The zero-order valence-corrected chi connectivity index (χ0v) is 18.4. The largest absolute Gasteiger partial charge is 0.490 e. The van der Waals surface area contributed by atoms with Crippen LogP contribution in [-0.2, 0) is 10.0 Å². The van der Waals surface area contributed by atoms with Crippen LogP contribution in [0.4, 0.5) is 11.4 Å². The van der Waals surface area contributed by atoms with Gasteiger partial charge in [-0.25, -0.2) is 8.42 Å². The molecule has 0 radical (unpaired) electrons. The first-order valence-corrected chi connectivity index (χ1v) is 12.0. The molecule has 2 aliphatic heterocycles. The molecular weight excluding hydrogens is 434 g/mol. The average molecular weight is 454 g/mol. The van der Waals surface area contributed by atoms with Gasteiger partial charge in [-0.3, -0.25) is 4.31 Å². The van der Waals surface area contributed by atoms with Gasteiger partial charge in [-0.15, -0.1) is 11.3 Å². The molecular formula is C22H19N3O4S2. The zero-order valence-electron chi connectivity index (χ0n) is 16.7. The molecule has 0 aliphatic carbocycles. The molecule has 0 atom stereocenters. The van der Waals surface area contributed by atoms with Gasteiger partial charge in [0.15, 0.2) is 0 Å². The number of likely N-dealkylation sites (N-methyl/N-ethyl adjacent to an activating group) is 1. The number of thiophene rings is 1. The van der Waals surface area contributed by atoms with Crippen molar-refractivity contribution in [2.45, 2.75) is 4.90 Å². The number of rotatable bonds is 3. The van der Waals surface area contributed by atoms with E-state index in [2.05, 4.69) is 6.07 Å². The first-order valence-electron chi connectivity index (χ1n) is 9.75. The molecule has 3 heterocycles. The molecule has 0 saturated heterocycles. The maximum Gasteiger partial charge on any atom is 0.264 e. The number of benzene rings is 2. The van der Waals surface area contributed by atoms with E-state index in [1.807, 2.05) is 30.1 Å². The van der Waals surface area contributed by atoms with E-state index in [1.54, 1.807) is 30.3 Å². The van der Waals surface area contributed by atoms with Crippen molar-refractivity contribution in [3.05, 3.63) is 53.4 Å². The quantitative estimate of drug-likeness (QED) is 0.601. The van der Waals surface area contributed by atoms with E-state index in [-0.39, 0.29) is 18.0 Å². The monoisotopic (exact) mass is 453 g/mol. The summed E-state index contributed by atoms with van der Waals surface area (Å²) >= 11 is 1.37. The van der Waals surface area contributed by atoms with Crippen molar-refractivity contribution in [3.63, 3.8) is 0 Å². The number of fused-ring (bicyclic) bond motifs is 2. The molecule has 9 heteroatoms. The van der Waals surface area contributed by atoms with Crippen LogP contribution in [0.2, 0.25) is 0 Å². The molecule has 2 aromatic carbocycles. The minimum Gasteiger partial charge on any atom is -0.490 e. The van der Waals surface area contributed by atoms with Crippen molar-refractivity contribution < 1.29 is 17.9 Å². The van der Waals surface area contributed by atoms with Crippen LogP contribution in [0.15, 0.2) is 53.4 Å². The molecule has 0 spiro atoms. The van der Waals surface area contributed by atoms with Gasteiger partial charge < -0.3 is 14.4 Å². The summed E-state index contributed by atoms with van der Waals surface area (Å²) in [6.07, 6.45) is 0. The highest BCUT2D eigenvalue weighted by atomic mass is 32.2. The number of hydrogen-bond acceptors (Lipinski definition) is 7. The van der Waals surface area contributed by atoms with Gasteiger partial charge in [0.25, 0.3) is 10.0 Å². The molecule has 0 amide bonds. The highest BCUT2D eigenvalue weighted by molar-refractivity contribution is 7.92. The molecule has 2 aliphatic rings. The maximum absolute atomic E-state index is 13.6. The molecule has 3 aromatic rings. The normalized spacial score (nSPS) is 15.4. The second kappa shape index (κ2) is 7.48. The highest BCUT2D eigenvalue weighted by Gasteiger charge is 2.32. The van der Waals surface area contributed by atoms with E-state index >= 15 is 0 Å². The molecule has 0 saturated carbocycles. The number of anilines is 2. The summed E-state index contributed by atoms with van der Waals surface area (Å²) in [5.74, 6) is 1.21. The fourth-order valence-electron chi connectivity index (χ4n) is 3.77. The maximum atomic E-state index is 13.6. The van der Waals surface area contributed by atoms with Gasteiger partial charge in [0, 0.05) is 11.9 Å². The first-order chi connectivity index (χ1) is 15.0. The summed E-state index contributed by atoms with van der Waals surface area (Å²) in [4.78, 5) is 3.71. The molecule has 31 heavy (non-hydrogen) atoms. The Labute approximate surface area is 184 Å². The van der Waals surface area contributed by atoms with Gasteiger partial charge in [0.05, 0.1) is 29.4 Å². The standard InChI is InChI=1S/C22H19N3O4S2/c1-24-8-10-28-20-6-4-17(13-18(20)24)31(26,27)25-9-11-29-21-5-2-15(12-19(21)25)22-7-3-16(14-23)30-22/h2-7,12-13H,8-11H2,1H3. The Kier molecular flexibility index (Phi) is 4.76. The van der Waals surface area contributed by atoms with Crippen LogP contribution in [0.5, 0.6) is 11.5 Å². The van der Waals surface area contributed by atoms with Crippen molar-refractivity contribution in [3.8, 4) is 28.0 Å². The summed E-state index contributed by atoms with van der Waals surface area (Å²) in [6, 6.07) is 16.2. The van der Waals surface area contributed by atoms with Crippen LogP contribution < -0.4 is 18.7 Å². The third kappa shape index (κ3) is 3.38. The Morgan fingerprint density at radius 3 is 2.48 bits per heavy atom. The molecule has 0 N–H and O–H groups in total. The fraction of sp³-hybridized carbons (Fsp3) is 0.227. The number of nitriles is 1. The van der Waals surface area contributed by atoms with Crippen LogP contribution >= 0.6 is 11.3 Å². The summed E-state index contributed by atoms with van der Waals surface area (Å²) in [5, 5.41) is 9.11. The lowest BCUT2D eigenvalue weighted by atomic mass is 10.1. The van der Waals surface area contributed by atoms with Gasteiger partial charge in [0.1, 0.15) is 35.7 Å². The number of ether oxygens (including phenoxy) is 2. The van der Waals surface area contributed by atoms with Crippen LogP contribution in [0.1, 0.15) is 4.88 Å². The Balaban J connectivity index is 1.57. The van der Waals surface area contributed by atoms with E-state index in [0.717, 1.165) is 16.1 Å². The molecule has 0 bridgehead atoms. The SMILES string of the molecule is CN1CCOc2ccc(S(=O)(=O)N3CCOc4ccc(-c5ccc(C#N)s5)cc43)cc21. The average Bonchev–Trinajstić information content (AvgIpc) is 3.28. The minimum atomic E-state index is -3.81. The van der Waals surface area contributed by atoms with Gasteiger partial charge in [-0.2, -0.15) is 5.26 Å². The van der Waals surface area contributed by atoms with Crippen molar-refractivity contribution in [1.82, 2.24) is 0 Å². The smallest absolute Gasteiger partial charge is 0.264 e. The summed E-state index contributed by atoms with van der Waals surface area (Å²) < 4.78 is 40.0. The molecule has 5 rings (SSSR count). The van der Waals surface area contributed by atoms with Gasteiger partial charge in [-0.1, -0.05) is 0 Å². The molecule has 0 fully saturated rings. The van der Waals surface area contributed by atoms with Crippen LogP contribution in [0.25, 0.3) is 10.4 Å². The predicted molar refractivity (Wildman–Crippen MR) is 120 cm³/mol. The summed E-state index contributed by atoms with van der Waals surface area (Å²) in [5.41, 5.74) is 2.10. The summed E-state index contributed by atoms with van der Waals surface area (Å²) in [7, 11) is -1.89. The topological polar surface area (TPSA) is 82.9 Å². The fourth-order valence-corrected chi connectivity index (χ4v) is 6.04. The van der Waals surface area contributed by atoms with E-state index in [1.165, 1.54) is 15.6 Å². The van der Waals surface area contributed by atoms with Crippen molar-refractivity contribution in [2.24, 2.45) is 0 Å². The lowest BCUT2D eigenvalue weighted by molar-refractivity contribution is 0.311. The van der Waals surface area contributed by atoms with Crippen LogP contribution in [0.3, 0.4) is 0 Å². The van der Waals surface area contributed by atoms with Crippen LogP contribution in [0, 0.1) is 11.3 Å². The van der Waals surface area contributed by atoms with E-state index in [9.17, 15) is 8.42 Å². The molecule has 1 aromatic heterocycles. The number of hydrogen-bond donors (Lipinski definition) is 0. The second-order valence-corrected chi connectivity index (χ2v) is 10.2. The van der Waals surface area contributed by atoms with Crippen molar-refractivity contribution >= 4 is 32.7 Å². The van der Waals surface area contributed by atoms with Crippen LogP contribution in [-0.4, -0.2) is 41.8 Å². The van der Waals surface area contributed by atoms with Crippen molar-refractivity contribution in [1.29, 1.82) is 5.26 Å².